The maximum Gasteiger partial charge on any atom is 0.222 e. The molecule has 16 unspecified atom stereocenters. The number of hydrogen-bond acceptors (Lipinski definition) is 29. The highest BCUT2D eigenvalue weighted by atomic mass is 16.7. The van der Waals surface area contributed by atoms with Crippen molar-refractivity contribution in [3.63, 3.8) is 0 Å². The zero-order valence-corrected chi connectivity index (χ0v) is 87.1. The van der Waals surface area contributed by atoms with Crippen molar-refractivity contribution in [3.05, 3.63) is 0 Å². The SMILES string of the molecule is CCCCCCCCCCCCCCCCCCOCC(COCNCCCCCC(=O)NC(COCCC(=O)NCCCNC(=O)CCCCOC1OC(CO)C(O)C(O)C1C)(COCCC(=O)NCCCNC(=O)CCCCOC1OC(CO)C(O)C(O)C1C)COCCC(=O)NCCCNC(=O)CCCCOC1OC(CO)C(O)C(O)C1C)OCCCCCCCCCCCCCCCCCC. The molecule has 36 nitrogen and oxygen atoms in total. The maximum absolute atomic E-state index is 14.3. The minimum atomic E-state index is -1.40. The molecule has 0 aromatic carbocycles. The van der Waals surface area contributed by atoms with Gasteiger partial charge in [-0.25, -0.2) is 0 Å². The lowest BCUT2D eigenvalue weighted by molar-refractivity contribution is -0.282. The topological polar surface area (TPSA) is 509 Å². The molecule has 0 aromatic heterocycles. The molecule has 7 amide bonds. The molecule has 17 N–H and O–H groups in total. The van der Waals surface area contributed by atoms with E-state index in [1.54, 1.807) is 20.8 Å². The van der Waals surface area contributed by atoms with E-state index in [-0.39, 0.29) is 171 Å². The van der Waals surface area contributed by atoms with Crippen LogP contribution in [0.5, 0.6) is 0 Å². The Kier molecular flexibility index (Phi) is 80.9. The summed E-state index contributed by atoms with van der Waals surface area (Å²) in [5.41, 5.74) is -1.40. The van der Waals surface area contributed by atoms with Crippen LogP contribution >= 0.6 is 0 Å². The fourth-order valence-corrected chi connectivity index (χ4v) is 17.1. The molecule has 0 spiro atoms. The lowest BCUT2D eigenvalue weighted by Crippen LogP contribution is -2.58. The van der Waals surface area contributed by atoms with Gasteiger partial charge in [-0.05, 0) is 90.0 Å². The first-order chi connectivity index (χ1) is 68.0. The standard InChI is InChI=1S/C104H198N8O28/c1-6-8-10-12-14-16-18-20-22-24-26-28-30-32-34-42-64-129-75-84(134-65-43-35-33-31-29-27-25-23-21-19-17-15-13-11-9-7-2)76-133-80-105-57-41-36-37-53-94(122)112-104(77-130-69-54-91(119)109-61-47-58-106-88(116)50-38-44-66-135-101-81(3)95(123)98(126)85(72-113)138-101,78-131-70-55-92(120)110-62-48-59-107-89(117)51-39-45-67-136-102-82(4)96(124)99(127)86(73-114)139-102)79-132-71-56-93(121)111-63-49-60-108-90(118)52-40-46-68-137-103-83(5)97(125)100(128)87(74-115)140-103/h81-87,95-103,105,113-115,123-128H,6-80H2,1-5H3,(H,106,116)(H,107,117)(H,108,118)(H,109,119)(H,110,120)(H,111,121)(H,112,122). The molecule has 36 heteroatoms. The minimum absolute atomic E-state index is 0.0704. The van der Waals surface area contributed by atoms with Gasteiger partial charge in [0.2, 0.25) is 41.4 Å². The molecule has 140 heavy (non-hydrogen) atoms. The highest BCUT2D eigenvalue weighted by molar-refractivity contribution is 5.78. The predicted octanol–water partition coefficient (Wildman–Crippen LogP) is 9.76. The van der Waals surface area contributed by atoms with Crippen LogP contribution in [0.1, 0.15) is 362 Å². The maximum atomic E-state index is 14.3. The van der Waals surface area contributed by atoms with E-state index in [0.717, 1.165) is 32.1 Å². The second kappa shape index (κ2) is 87.4. The van der Waals surface area contributed by atoms with Crippen molar-refractivity contribution in [2.24, 2.45) is 17.8 Å². The number of amides is 7. The van der Waals surface area contributed by atoms with Crippen LogP contribution in [0.25, 0.3) is 0 Å². The Bertz CT molecular complexity index is 2790. The molecule has 0 bridgehead atoms. The van der Waals surface area contributed by atoms with Crippen molar-refractivity contribution in [2.45, 2.75) is 448 Å². The molecule has 3 fully saturated rings. The van der Waals surface area contributed by atoms with E-state index < -0.39 is 117 Å². The summed E-state index contributed by atoms with van der Waals surface area (Å²) in [4.78, 5) is 92.1. The van der Waals surface area contributed by atoms with E-state index in [1.807, 2.05) is 0 Å². The van der Waals surface area contributed by atoms with Gasteiger partial charge in [0.15, 0.2) is 18.9 Å². The van der Waals surface area contributed by atoms with Crippen molar-refractivity contribution in [1.29, 1.82) is 0 Å². The number of nitrogens with one attached hydrogen (secondary N) is 8. The first-order valence-electron chi connectivity index (χ1n) is 54.9. The first kappa shape index (κ1) is 130. The fraction of sp³-hybridized carbons (Fsp3) is 0.933. The zero-order valence-electron chi connectivity index (χ0n) is 87.1. The Hall–Kier alpha value is -4.59. The van der Waals surface area contributed by atoms with Gasteiger partial charge in [-0.15, -0.1) is 0 Å². The second-order valence-electron chi connectivity index (χ2n) is 39.1. The van der Waals surface area contributed by atoms with E-state index >= 15 is 0 Å². The van der Waals surface area contributed by atoms with Crippen LogP contribution in [0.15, 0.2) is 0 Å². The summed E-state index contributed by atoms with van der Waals surface area (Å²) in [5.74, 6) is -3.46. The summed E-state index contributed by atoms with van der Waals surface area (Å²) in [6, 6.07) is 0. The van der Waals surface area contributed by atoms with Crippen LogP contribution in [0.3, 0.4) is 0 Å². The van der Waals surface area contributed by atoms with Crippen molar-refractivity contribution >= 4 is 41.4 Å². The number of rotatable bonds is 96. The van der Waals surface area contributed by atoms with Crippen LogP contribution < -0.4 is 42.5 Å². The summed E-state index contributed by atoms with van der Waals surface area (Å²) in [7, 11) is 0. The third kappa shape index (κ3) is 65.2. The van der Waals surface area contributed by atoms with E-state index in [4.69, 9.17) is 56.8 Å². The smallest absolute Gasteiger partial charge is 0.222 e. The normalized spacial score (nSPS) is 22.1. The van der Waals surface area contributed by atoms with Gasteiger partial charge < -0.3 is 140 Å². The number of unbranched alkanes of at least 4 members (excludes halogenated alkanes) is 35. The van der Waals surface area contributed by atoms with Gasteiger partial charge in [0.1, 0.15) is 48.3 Å². The van der Waals surface area contributed by atoms with Crippen molar-refractivity contribution in [2.75, 3.05) is 158 Å². The number of hydrogen-bond donors (Lipinski definition) is 17. The molecule has 822 valence electrons. The van der Waals surface area contributed by atoms with Crippen molar-refractivity contribution in [1.82, 2.24) is 42.5 Å². The van der Waals surface area contributed by atoms with Gasteiger partial charge in [0.05, 0.1) is 97.7 Å². The van der Waals surface area contributed by atoms with Crippen molar-refractivity contribution in [3.8, 4) is 0 Å². The summed E-state index contributed by atoms with van der Waals surface area (Å²) < 4.78 is 71.6. The number of aliphatic hydroxyl groups excluding tert-OH is 9. The molecule has 3 saturated heterocycles. The summed E-state index contributed by atoms with van der Waals surface area (Å²) in [6.07, 6.45) is 36.2. The zero-order chi connectivity index (χ0) is 102. The van der Waals surface area contributed by atoms with E-state index in [2.05, 4.69) is 56.4 Å². The van der Waals surface area contributed by atoms with E-state index in [1.165, 1.54) is 180 Å². The Morgan fingerprint density at radius 2 is 0.543 bits per heavy atom. The van der Waals surface area contributed by atoms with Gasteiger partial charge in [-0.3, -0.25) is 38.9 Å². The van der Waals surface area contributed by atoms with Gasteiger partial charge in [0.25, 0.3) is 0 Å². The van der Waals surface area contributed by atoms with Crippen molar-refractivity contribution < 1.29 is 136 Å². The van der Waals surface area contributed by atoms with Crippen LogP contribution in [0.4, 0.5) is 0 Å². The van der Waals surface area contributed by atoms with Gasteiger partial charge in [-0.1, -0.05) is 234 Å². The molecule has 3 heterocycles. The number of carbonyl (C=O) groups is 7. The van der Waals surface area contributed by atoms with Gasteiger partial charge >= 0.3 is 0 Å². The quantitative estimate of drug-likeness (QED) is 0.0199. The molecule has 3 aliphatic rings. The van der Waals surface area contributed by atoms with Crippen LogP contribution in [-0.4, -0.2) is 331 Å². The average Bonchev–Trinajstić information content (AvgIpc) is 0.832. The summed E-state index contributed by atoms with van der Waals surface area (Å²) in [5, 5.41) is 114. The highest BCUT2D eigenvalue weighted by Gasteiger charge is 2.45. The number of aliphatic hydroxyl groups is 9. The third-order valence-electron chi connectivity index (χ3n) is 26.3. The number of ether oxygens (including phenoxy) is 12. The average molecular weight is 2010 g/mol. The minimum Gasteiger partial charge on any atom is -0.394 e. The summed E-state index contributed by atoms with van der Waals surface area (Å²) in [6.45, 7) is 12.8. The largest absolute Gasteiger partial charge is 0.394 e. The molecule has 0 radical (unpaired) electrons. The second-order valence-corrected chi connectivity index (χ2v) is 39.1. The van der Waals surface area contributed by atoms with Gasteiger partial charge in [-0.2, -0.15) is 0 Å². The number of carbonyl (C=O) groups excluding carboxylic acids is 7. The van der Waals surface area contributed by atoms with Gasteiger partial charge in [0, 0.05) is 135 Å². The molecule has 3 aliphatic heterocycles. The molecule has 16 atom stereocenters. The van der Waals surface area contributed by atoms with Crippen LogP contribution in [-0.2, 0) is 90.4 Å². The first-order valence-corrected chi connectivity index (χ1v) is 54.9. The van der Waals surface area contributed by atoms with Crippen LogP contribution in [0, 0.1) is 17.8 Å². The Labute approximate surface area is 839 Å². The molecular formula is C104H198N8O28. The lowest BCUT2D eigenvalue weighted by Gasteiger charge is -2.40. The lowest BCUT2D eigenvalue weighted by atomic mass is 9.92. The Balaban J connectivity index is 1.61. The molecular weight excluding hydrogens is 1810 g/mol. The summed E-state index contributed by atoms with van der Waals surface area (Å²) >= 11 is 0. The third-order valence-corrected chi connectivity index (χ3v) is 26.3. The molecule has 0 saturated carbocycles. The molecule has 3 rings (SSSR count). The Morgan fingerprint density at radius 3 is 0.857 bits per heavy atom. The van der Waals surface area contributed by atoms with Crippen LogP contribution in [0.2, 0.25) is 0 Å². The fourth-order valence-electron chi connectivity index (χ4n) is 17.1. The van der Waals surface area contributed by atoms with E-state index in [0.29, 0.717) is 130 Å². The van der Waals surface area contributed by atoms with E-state index in [9.17, 15) is 79.5 Å². The predicted molar refractivity (Wildman–Crippen MR) is 536 cm³/mol. The Morgan fingerprint density at radius 1 is 0.279 bits per heavy atom. The monoisotopic (exact) mass is 2010 g/mol. The highest BCUT2D eigenvalue weighted by Crippen LogP contribution is 2.31. The molecule has 0 aliphatic carbocycles. The molecule has 0 aromatic rings.